The number of pyridine rings is 2. The molecule has 1 N–H and O–H groups in total. The third-order valence-corrected chi connectivity index (χ3v) is 12.5. The fourth-order valence-electron chi connectivity index (χ4n) is 9.13. The van der Waals surface area contributed by atoms with E-state index in [0.717, 1.165) is 103 Å². The Morgan fingerprint density at radius 2 is 1.14 bits per heavy atom. The third kappa shape index (κ3) is 7.82. The molecule has 1 amide bonds. The van der Waals surface area contributed by atoms with Crippen molar-refractivity contribution in [2.24, 2.45) is 0 Å². The van der Waals surface area contributed by atoms with Crippen LogP contribution >= 0.6 is 0 Å². The van der Waals surface area contributed by atoms with Crippen molar-refractivity contribution in [2.75, 3.05) is 52.2 Å². The van der Waals surface area contributed by atoms with Crippen LogP contribution in [0.3, 0.4) is 0 Å². The van der Waals surface area contributed by atoms with Gasteiger partial charge in [-0.25, -0.2) is 4.79 Å². The van der Waals surface area contributed by atoms with E-state index in [9.17, 15) is 24.3 Å². The molecular formula is C46H55N5O5. The maximum Gasteiger partial charge on any atom is 0.335 e. The fraction of sp³-hybridized carbons (Fsp3) is 0.435. The van der Waals surface area contributed by atoms with E-state index in [-0.39, 0.29) is 22.6 Å². The summed E-state index contributed by atoms with van der Waals surface area (Å²) in [4.78, 5) is 56.5. The maximum absolute atomic E-state index is 13.5. The Morgan fingerprint density at radius 3 is 1.64 bits per heavy atom. The van der Waals surface area contributed by atoms with Crippen LogP contribution in [0.5, 0.6) is 0 Å². The van der Waals surface area contributed by atoms with Crippen LogP contribution < -0.4 is 16.0 Å². The number of carboxylic acid groups (broad SMARTS) is 1. The first kappa shape index (κ1) is 39.2. The SMILES string of the molecule is CCn1c(=O)cc(C2CCN(C)CC2)c2cc(C(=O)N(C)c3ccc4c(c3)CCC4)ccc21.CCn1c(=O)cc(C2CCN(C)CC2)c2cc(C(=O)O)ccc21. The number of aromatic nitrogens is 2. The number of piperidine rings is 2. The maximum atomic E-state index is 13.5. The molecule has 0 spiro atoms. The van der Waals surface area contributed by atoms with Gasteiger partial charge in [0.25, 0.3) is 17.0 Å². The zero-order chi connectivity index (χ0) is 39.7. The van der Waals surface area contributed by atoms with Gasteiger partial charge in [-0.05, 0) is 182 Å². The molecule has 0 radical (unpaired) electrons. The minimum absolute atomic E-state index is 0.00277. The lowest BCUT2D eigenvalue weighted by Crippen LogP contribution is -2.30. The van der Waals surface area contributed by atoms with Gasteiger partial charge in [0.2, 0.25) is 0 Å². The van der Waals surface area contributed by atoms with Gasteiger partial charge >= 0.3 is 5.97 Å². The van der Waals surface area contributed by atoms with Crippen LogP contribution in [0.15, 0.2) is 76.3 Å². The monoisotopic (exact) mass is 757 g/mol. The van der Waals surface area contributed by atoms with Gasteiger partial charge in [-0.15, -0.1) is 0 Å². The van der Waals surface area contributed by atoms with Crippen LogP contribution in [0, 0.1) is 0 Å². The van der Waals surface area contributed by atoms with Crippen molar-refractivity contribution in [2.45, 2.75) is 83.7 Å². The normalized spacial score (nSPS) is 16.8. The number of benzene rings is 3. The predicted octanol–water partition coefficient (Wildman–Crippen LogP) is 7.12. The molecule has 10 heteroatoms. The van der Waals surface area contributed by atoms with Crippen molar-refractivity contribution in [3.63, 3.8) is 0 Å². The smallest absolute Gasteiger partial charge is 0.335 e. The predicted molar refractivity (Wildman–Crippen MR) is 225 cm³/mol. The molecule has 3 aliphatic rings. The molecule has 0 saturated carbocycles. The number of nitrogens with zero attached hydrogens (tertiary/aromatic N) is 5. The number of hydrogen-bond donors (Lipinski definition) is 1. The average Bonchev–Trinajstić information content (AvgIpc) is 3.69. The molecule has 294 valence electrons. The second-order valence-electron chi connectivity index (χ2n) is 16.0. The number of carbonyl (C=O) groups excluding carboxylic acids is 1. The quantitative estimate of drug-likeness (QED) is 0.188. The zero-order valence-electron chi connectivity index (χ0n) is 33.5. The minimum Gasteiger partial charge on any atom is -0.478 e. The molecule has 2 aromatic heterocycles. The van der Waals surface area contributed by atoms with E-state index in [1.165, 1.54) is 17.5 Å². The second-order valence-corrected chi connectivity index (χ2v) is 16.0. The second kappa shape index (κ2) is 16.6. The van der Waals surface area contributed by atoms with Crippen LogP contribution in [0.2, 0.25) is 0 Å². The Bertz CT molecular complexity index is 2400. The molecule has 0 unspecified atom stereocenters. The first-order chi connectivity index (χ1) is 27.0. The molecule has 4 heterocycles. The molecule has 2 saturated heterocycles. The Labute approximate surface area is 329 Å². The Balaban J connectivity index is 0.000000183. The summed E-state index contributed by atoms with van der Waals surface area (Å²) in [6.07, 6.45) is 7.49. The Kier molecular flexibility index (Phi) is 11.6. The highest BCUT2D eigenvalue weighted by Crippen LogP contribution is 2.35. The van der Waals surface area contributed by atoms with Crippen molar-refractivity contribution < 1.29 is 14.7 Å². The van der Waals surface area contributed by atoms with Gasteiger partial charge in [-0.1, -0.05) is 6.07 Å². The number of carboxylic acids is 1. The number of fused-ring (bicyclic) bond motifs is 3. The Morgan fingerprint density at radius 1 is 0.661 bits per heavy atom. The zero-order valence-corrected chi connectivity index (χ0v) is 33.5. The minimum atomic E-state index is -0.935. The van der Waals surface area contributed by atoms with Gasteiger partial charge < -0.3 is 28.9 Å². The van der Waals surface area contributed by atoms with Gasteiger partial charge in [0.1, 0.15) is 0 Å². The molecular weight excluding hydrogens is 703 g/mol. The highest BCUT2D eigenvalue weighted by molar-refractivity contribution is 6.08. The van der Waals surface area contributed by atoms with Crippen molar-refractivity contribution in [1.82, 2.24) is 18.9 Å². The van der Waals surface area contributed by atoms with Crippen LogP contribution in [0.25, 0.3) is 21.8 Å². The summed E-state index contributed by atoms with van der Waals surface area (Å²) in [7, 11) is 6.11. The molecule has 2 aliphatic heterocycles. The number of rotatable bonds is 7. The summed E-state index contributed by atoms with van der Waals surface area (Å²) in [5.41, 5.74) is 8.56. The molecule has 2 fully saturated rings. The van der Waals surface area contributed by atoms with Crippen molar-refractivity contribution in [3.05, 3.63) is 121 Å². The van der Waals surface area contributed by atoms with Crippen LogP contribution in [0.4, 0.5) is 5.69 Å². The number of aromatic carboxylic acids is 1. The lowest BCUT2D eigenvalue weighted by atomic mass is 9.87. The molecule has 1 aliphatic carbocycles. The number of likely N-dealkylation sites (tertiary alicyclic amines) is 2. The largest absolute Gasteiger partial charge is 0.478 e. The number of amides is 1. The number of hydrogen-bond acceptors (Lipinski definition) is 6. The summed E-state index contributed by atoms with van der Waals surface area (Å²) in [5, 5.41) is 11.2. The highest BCUT2D eigenvalue weighted by Gasteiger charge is 2.25. The molecule has 10 nitrogen and oxygen atoms in total. The molecule has 8 rings (SSSR count). The summed E-state index contributed by atoms with van der Waals surface area (Å²) in [6.45, 7) is 9.19. The Hall–Kier alpha value is -5.06. The summed E-state index contributed by atoms with van der Waals surface area (Å²) in [6, 6.07) is 20.8. The van der Waals surface area contributed by atoms with Crippen LogP contribution in [-0.2, 0) is 25.9 Å². The van der Waals surface area contributed by atoms with Crippen LogP contribution in [-0.4, -0.2) is 83.2 Å². The number of anilines is 1. The topological polar surface area (TPSA) is 108 Å². The standard InChI is InChI=1S/C28H33N3O2.C18H22N2O3/c1-4-31-26-11-9-22(28(33)30(3)23-10-8-19-6-5-7-21(19)16-23)17-25(26)24(18-27(31)32)20-12-14-29(2)15-13-20;1-3-20-16-5-4-13(18(22)23)10-15(16)14(11-17(20)21)12-6-8-19(2)9-7-12/h8-11,16-18,20H,4-7,12-15H2,1-3H3;4-5,10-12H,3,6-9H2,1-2H3,(H,22,23). The first-order valence-electron chi connectivity index (χ1n) is 20.3. The molecule has 5 aromatic rings. The van der Waals surface area contributed by atoms with Gasteiger partial charge in [0.05, 0.1) is 16.6 Å². The molecule has 3 aromatic carbocycles. The lowest BCUT2D eigenvalue weighted by molar-refractivity contribution is 0.0696. The summed E-state index contributed by atoms with van der Waals surface area (Å²) >= 11 is 0. The molecule has 0 atom stereocenters. The first-order valence-corrected chi connectivity index (χ1v) is 20.3. The highest BCUT2D eigenvalue weighted by atomic mass is 16.4. The summed E-state index contributed by atoms with van der Waals surface area (Å²) < 4.78 is 3.52. The van der Waals surface area contributed by atoms with Gasteiger partial charge in [-0.2, -0.15) is 0 Å². The molecule has 56 heavy (non-hydrogen) atoms. The van der Waals surface area contributed by atoms with Crippen molar-refractivity contribution in [3.8, 4) is 0 Å². The third-order valence-electron chi connectivity index (χ3n) is 12.5. The van der Waals surface area contributed by atoms with E-state index in [1.54, 1.807) is 33.7 Å². The van der Waals surface area contributed by atoms with E-state index in [0.29, 0.717) is 30.5 Å². The van der Waals surface area contributed by atoms with Crippen molar-refractivity contribution in [1.29, 1.82) is 0 Å². The van der Waals surface area contributed by atoms with E-state index in [2.05, 4.69) is 42.1 Å². The number of carbonyl (C=O) groups is 2. The van der Waals surface area contributed by atoms with E-state index >= 15 is 0 Å². The van der Waals surface area contributed by atoms with Gasteiger partial charge in [0, 0.05) is 54.3 Å². The average molecular weight is 758 g/mol. The lowest BCUT2D eigenvalue weighted by Gasteiger charge is -2.30. The van der Waals surface area contributed by atoms with E-state index in [1.807, 2.05) is 49.7 Å². The van der Waals surface area contributed by atoms with Gasteiger partial charge in [-0.3, -0.25) is 14.4 Å². The summed E-state index contributed by atoms with van der Waals surface area (Å²) in [5.74, 6) is -0.284. The molecule has 0 bridgehead atoms. The van der Waals surface area contributed by atoms with E-state index in [4.69, 9.17) is 0 Å². The fourth-order valence-corrected chi connectivity index (χ4v) is 9.13. The van der Waals surface area contributed by atoms with E-state index < -0.39 is 5.97 Å². The van der Waals surface area contributed by atoms with Gasteiger partial charge in [0.15, 0.2) is 0 Å². The van der Waals surface area contributed by atoms with Crippen molar-refractivity contribution >= 4 is 39.4 Å². The van der Waals surface area contributed by atoms with Crippen LogP contribution in [0.1, 0.15) is 101 Å². The number of aryl methyl sites for hydroxylation is 4.